The molecular formula is C28H27N3O3S. The van der Waals surface area contributed by atoms with Crippen molar-refractivity contribution in [3.8, 4) is 5.75 Å². The van der Waals surface area contributed by atoms with E-state index in [4.69, 9.17) is 4.74 Å². The molecule has 2 heterocycles. The maximum absolute atomic E-state index is 13.5. The highest BCUT2D eigenvalue weighted by Crippen LogP contribution is 2.42. The summed E-state index contributed by atoms with van der Waals surface area (Å²) in [5, 5.41) is 0. The predicted molar refractivity (Wildman–Crippen MR) is 140 cm³/mol. The van der Waals surface area contributed by atoms with E-state index in [0.29, 0.717) is 30.8 Å². The molecular weight excluding hydrogens is 458 g/mol. The number of rotatable bonds is 5. The summed E-state index contributed by atoms with van der Waals surface area (Å²) >= 11 is 1.55. The molecule has 7 heteroatoms. The molecule has 0 aliphatic carbocycles. The maximum Gasteiger partial charge on any atom is 0.259 e. The molecule has 2 amide bonds. The minimum atomic E-state index is -0.0817. The van der Waals surface area contributed by atoms with Crippen molar-refractivity contribution >= 4 is 35.0 Å². The molecule has 3 aromatic rings. The molecule has 5 rings (SSSR count). The van der Waals surface area contributed by atoms with Gasteiger partial charge < -0.3 is 19.4 Å². The number of ether oxygens (including phenoxy) is 1. The third kappa shape index (κ3) is 4.39. The van der Waals surface area contributed by atoms with Crippen molar-refractivity contribution in [2.75, 3.05) is 49.6 Å². The molecule has 0 N–H and O–H groups in total. The lowest BCUT2D eigenvalue weighted by Gasteiger charge is -2.36. The van der Waals surface area contributed by atoms with Gasteiger partial charge in [0.2, 0.25) is 0 Å². The lowest BCUT2D eigenvalue weighted by atomic mass is 10.1. The molecule has 1 saturated heterocycles. The van der Waals surface area contributed by atoms with Crippen LogP contribution in [0.15, 0.2) is 89.2 Å². The lowest BCUT2D eigenvalue weighted by molar-refractivity contribution is 0.0746. The number of amides is 2. The fraction of sp³-hybridized carbons (Fsp3) is 0.214. The minimum Gasteiger partial charge on any atom is -0.495 e. The number of hydrogen-bond acceptors (Lipinski definition) is 5. The molecule has 178 valence electrons. The first-order valence-electron chi connectivity index (χ1n) is 11.6. The van der Waals surface area contributed by atoms with Gasteiger partial charge in [-0.05, 0) is 42.5 Å². The topological polar surface area (TPSA) is 53.1 Å². The number of methoxy groups -OCH3 is 1. The summed E-state index contributed by atoms with van der Waals surface area (Å²) in [7, 11) is 1.67. The normalized spacial score (nSPS) is 15.2. The van der Waals surface area contributed by atoms with Crippen LogP contribution >= 0.6 is 11.8 Å². The number of nitrogens with zero attached hydrogens (tertiary/aromatic N) is 3. The zero-order valence-corrected chi connectivity index (χ0v) is 20.5. The van der Waals surface area contributed by atoms with Crippen molar-refractivity contribution in [1.29, 1.82) is 0 Å². The van der Waals surface area contributed by atoms with Gasteiger partial charge in [0.15, 0.2) is 0 Å². The Morgan fingerprint density at radius 2 is 1.71 bits per heavy atom. The highest BCUT2D eigenvalue weighted by Gasteiger charge is 2.29. The van der Waals surface area contributed by atoms with Crippen LogP contribution in [0, 0.1) is 0 Å². The lowest BCUT2D eigenvalue weighted by Crippen LogP contribution is -2.48. The second-order valence-corrected chi connectivity index (χ2v) is 9.52. The van der Waals surface area contributed by atoms with Crippen LogP contribution in [0.25, 0.3) is 0 Å². The van der Waals surface area contributed by atoms with E-state index in [2.05, 4.69) is 11.5 Å². The number of benzene rings is 3. The summed E-state index contributed by atoms with van der Waals surface area (Å²) < 4.78 is 5.50. The largest absolute Gasteiger partial charge is 0.495 e. The summed E-state index contributed by atoms with van der Waals surface area (Å²) in [5.74, 6) is 0.732. The number of anilines is 2. The molecule has 35 heavy (non-hydrogen) atoms. The van der Waals surface area contributed by atoms with E-state index in [1.807, 2.05) is 71.6 Å². The Balaban J connectivity index is 1.38. The third-order valence-electron chi connectivity index (χ3n) is 6.38. The Hall–Kier alpha value is -3.71. The molecule has 2 aliphatic rings. The average Bonchev–Trinajstić information content (AvgIpc) is 3.02. The van der Waals surface area contributed by atoms with Crippen molar-refractivity contribution in [3.05, 3.63) is 90.5 Å². The van der Waals surface area contributed by atoms with Gasteiger partial charge in [0, 0.05) is 48.1 Å². The van der Waals surface area contributed by atoms with Crippen molar-refractivity contribution < 1.29 is 14.3 Å². The van der Waals surface area contributed by atoms with Gasteiger partial charge in [0.1, 0.15) is 5.75 Å². The molecule has 0 atom stereocenters. The summed E-state index contributed by atoms with van der Waals surface area (Å²) in [4.78, 5) is 34.5. The molecule has 0 unspecified atom stereocenters. The zero-order chi connectivity index (χ0) is 24.4. The average molecular weight is 486 g/mol. The Morgan fingerprint density at radius 1 is 0.971 bits per heavy atom. The van der Waals surface area contributed by atoms with Gasteiger partial charge in [0.05, 0.1) is 24.0 Å². The quantitative estimate of drug-likeness (QED) is 0.479. The smallest absolute Gasteiger partial charge is 0.259 e. The summed E-state index contributed by atoms with van der Waals surface area (Å²) in [6, 6.07) is 21.2. The molecule has 0 bridgehead atoms. The van der Waals surface area contributed by atoms with Gasteiger partial charge in [0.25, 0.3) is 11.8 Å². The second kappa shape index (κ2) is 9.88. The molecule has 0 saturated carbocycles. The Labute approximate surface area is 209 Å². The van der Waals surface area contributed by atoms with E-state index in [1.54, 1.807) is 29.8 Å². The number of carbonyl (C=O) groups is 2. The molecule has 0 spiro atoms. The standard InChI is InChI=1S/C28H27N3O3S/c1-3-14-31-23-19-20(12-13-26(23)35-25-11-7-4-8-21(25)28(31)33)27(32)30-17-15-29(16-18-30)22-9-5-6-10-24(22)34-2/h3-13,19H,1,14-18H2,2H3. The van der Waals surface area contributed by atoms with Crippen LogP contribution in [0.2, 0.25) is 0 Å². The number of piperazine rings is 1. The van der Waals surface area contributed by atoms with Crippen LogP contribution in [0.3, 0.4) is 0 Å². The van der Waals surface area contributed by atoms with Gasteiger partial charge >= 0.3 is 0 Å². The monoisotopic (exact) mass is 485 g/mol. The van der Waals surface area contributed by atoms with Gasteiger partial charge in [-0.3, -0.25) is 9.59 Å². The fourth-order valence-corrected chi connectivity index (χ4v) is 5.65. The number of para-hydroxylation sites is 2. The van der Waals surface area contributed by atoms with Gasteiger partial charge in [-0.25, -0.2) is 0 Å². The highest BCUT2D eigenvalue weighted by atomic mass is 32.2. The third-order valence-corrected chi connectivity index (χ3v) is 7.52. The first-order valence-corrected chi connectivity index (χ1v) is 12.4. The zero-order valence-electron chi connectivity index (χ0n) is 19.6. The van der Waals surface area contributed by atoms with Gasteiger partial charge in [-0.1, -0.05) is 42.1 Å². The van der Waals surface area contributed by atoms with Crippen LogP contribution in [-0.2, 0) is 0 Å². The Morgan fingerprint density at radius 3 is 2.49 bits per heavy atom. The van der Waals surface area contributed by atoms with Crippen LogP contribution in [0.5, 0.6) is 5.75 Å². The predicted octanol–water partition coefficient (Wildman–Crippen LogP) is 4.96. The van der Waals surface area contributed by atoms with E-state index in [-0.39, 0.29) is 11.8 Å². The van der Waals surface area contributed by atoms with E-state index in [1.165, 1.54) is 0 Å². The Bertz CT molecular complexity index is 1280. The van der Waals surface area contributed by atoms with Crippen LogP contribution in [-0.4, -0.2) is 56.5 Å². The number of fused-ring (bicyclic) bond motifs is 2. The van der Waals surface area contributed by atoms with E-state index < -0.39 is 0 Å². The van der Waals surface area contributed by atoms with E-state index >= 15 is 0 Å². The maximum atomic E-state index is 13.5. The van der Waals surface area contributed by atoms with Crippen molar-refractivity contribution in [1.82, 2.24) is 4.90 Å². The fourth-order valence-electron chi connectivity index (χ4n) is 4.59. The molecule has 6 nitrogen and oxygen atoms in total. The molecule has 0 radical (unpaired) electrons. The summed E-state index contributed by atoms with van der Waals surface area (Å²) in [6.45, 7) is 6.89. The highest BCUT2D eigenvalue weighted by molar-refractivity contribution is 7.99. The minimum absolute atomic E-state index is 0.0229. The van der Waals surface area contributed by atoms with Crippen LogP contribution in [0.4, 0.5) is 11.4 Å². The molecule has 2 aliphatic heterocycles. The van der Waals surface area contributed by atoms with Crippen molar-refractivity contribution in [2.24, 2.45) is 0 Å². The van der Waals surface area contributed by atoms with E-state index in [0.717, 1.165) is 40.0 Å². The van der Waals surface area contributed by atoms with Crippen LogP contribution < -0.4 is 14.5 Å². The first-order chi connectivity index (χ1) is 17.1. The second-order valence-electron chi connectivity index (χ2n) is 8.44. The van der Waals surface area contributed by atoms with Crippen LogP contribution in [0.1, 0.15) is 20.7 Å². The van der Waals surface area contributed by atoms with Gasteiger partial charge in [-0.2, -0.15) is 0 Å². The number of carbonyl (C=O) groups excluding carboxylic acids is 2. The summed E-state index contributed by atoms with van der Waals surface area (Å²) in [6.07, 6.45) is 1.71. The van der Waals surface area contributed by atoms with E-state index in [9.17, 15) is 9.59 Å². The van der Waals surface area contributed by atoms with Crippen molar-refractivity contribution in [2.45, 2.75) is 9.79 Å². The van der Waals surface area contributed by atoms with Gasteiger partial charge in [-0.15, -0.1) is 6.58 Å². The van der Waals surface area contributed by atoms with Crippen molar-refractivity contribution in [3.63, 3.8) is 0 Å². The Kier molecular flexibility index (Phi) is 6.51. The summed E-state index contributed by atoms with van der Waals surface area (Å²) in [5.41, 5.74) is 3.04. The molecule has 3 aromatic carbocycles. The number of hydrogen-bond donors (Lipinski definition) is 0. The SMILES string of the molecule is C=CCN1C(=O)c2ccccc2Sc2ccc(C(=O)N3CCN(c4ccccc4OC)CC3)cc21. The first kappa shape index (κ1) is 23.1. The molecule has 1 fully saturated rings. The molecule has 0 aromatic heterocycles.